The Kier molecular flexibility index (Phi) is 8.58. The van der Waals surface area contributed by atoms with Crippen molar-refractivity contribution < 1.29 is 29.0 Å². The van der Waals surface area contributed by atoms with E-state index in [1.165, 1.54) is 25.6 Å². The first-order valence-electron chi connectivity index (χ1n) is 9.79. The predicted molar refractivity (Wildman–Crippen MR) is 127 cm³/mol. The number of thiophene rings is 1. The number of amides is 2. The van der Waals surface area contributed by atoms with Crippen LogP contribution >= 0.6 is 11.3 Å². The Morgan fingerprint density at radius 1 is 0.939 bits per heavy atom. The Hall–Kier alpha value is -3.85. The normalized spacial score (nSPS) is 10.4. The van der Waals surface area contributed by atoms with E-state index >= 15 is 0 Å². The Morgan fingerprint density at radius 2 is 1.58 bits per heavy atom. The zero-order valence-corrected chi connectivity index (χ0v) is 19.6. The molecule has 0 aliphatic rings. The van der Waals surface area contributed by atoms with Crippen molar-refractivity contribution in [3.05, 3.63) is 76.0 Å². The zero-order valence-electron chi connectivity index (χ0n) is 18.7. The van der Waals surface area contributed by atoms with Gasteiger partial charge in [-0.3, -0.25) is 9.59 Å². The van der Waals surface area contributed by atoms with E-state index in [1.54, 1.807) is 73.1 Å². The molecule has 174 valence electrons. The number of nitrogens with two attached hydrogens (primary N) is 1. The smallest absolute Gasteiger partial charge is 0.336 e. The summed E-state index contributed by atoms with van der Waals surface area (Å²) in [5.74, 6) is -0.505. The van der Waals surface area contributed by atoms with Crippen molar-refractivity contribution in [2.24, 2.45) is 5.73 Å². The second kappa shape index (κ2) is 11.1. The van der Waals surface area contributed by atoms with Gasteiger partial charge in [-0.1, -0.05) is 12.1 Å². The van der Waals surface area contributed by atoms with E-state index in [0.717, 1.165) is 5.56 Å². The quantitative estimate of drug-likeness (QED) is 0.476. The highest BCUT2D eigenvalue weighted by Crippen LogP contribution is 2.28. The number of carbonyl (C=O) groups excluding carboxylic acids is 2. The Labute approximate surface area is 196 Å². The van der Waals surface area contributed by atoms with Crippen molar-refractivity contribution in [3.8, 4) is 11.5 Å². The molecule has 0 saturated carbocycles. The number of anilines is 1. The summed E-state index contributed by atoms with van der Waals surface area (Å²) in [5, 5.41) is 14.4. The van der Waals surface area contributed by atoms with Gasteiger partial charge in [0.15, 0.2) is 11.5 Å². The van der Waals surface area contributed by atoms with Gasteiger partial charge < -0.3 is 25.6 Å². The first-order chi connectivity index (χ1) is 15.6. The summed E-state index contributed by atoms with van der Waals surface area (Å²) >= 11 is 1.39. The van der Waals surface area contributed by atoms with E-state index in [2.05, 4.69) is 5.32 Å². The average molecular weight is 471 g/mol. The van der Waals surface area contributed by atoms with Gasteiger partial charge in [0.1, 0.15) is 0 Å². The molecule has 3 aromatic rings. The molecule has 0 radical (unpaired) electrons. The SMILES string of the molecule is COc1ccc(C(=O)Nc2ccc(C(C)(C)C(N)=O)cc2)cc1OC.O=C(O)c1ccsc1. The van der Waals surface area contributed by atoms with E-state index in [0.29, 0.717) is 28.3 Å². The minimum absolute atomic E-state index is 0.275. The van der Waals surface area contributed by atoms with Crippen molar-refractivity contribution in [1.29, 1.82) is 0 Å². The molecule has 1 aromatic heterocycles. The first kappa shape index (κ1) is 25.4. The highest BCUT2D eigenvalue weighted by Gasteiger charge is 2.27. The maximum atomic E-state index is 12.4. The minimum Gasteiger partial charge on any atom is -0.493 e. The van der Waals surface area contributed by atoms with Gasteiger partial charge in [-0.2, -0.15) is 11.3 Å². The number of aromatic carboxylic acids is 1. The van der Waals surface area contributed by atoms with Crippen LogP contribution in [0.3, 0.4) is 0 Å². The largest absolute Gasteiger partial charge is 0.493 e. The van der Waals surface area contributed by atoms with Crippen LogP contribution in [-0.2, 0) is 10.2 Å². The molecule has 0 bridgehead atoms. The number of nitrogens with one attached hydrogen (secondary N) is 1. The van der Waals surface area contributed by atoms with Gasteiger partial charge >= 0.3 is 5.97 Å². The van der Waals surface area contributed by atoms with Crippen molar-refractivity contribution >= 4 is 34.8 Å². The van der Waals surface area contributed by atoms with Crippen molar-refractivity contribution in [3.63, 3.8) is 0 Å². The minimum atomic E-state index is -0.855. The standard InChI is InChI=1S/C19H22N2O4.C5H4O2S/c1-19(2,18(20)23)13-6-8-14(9-7-13)21-17(22)12-5-10-15(24-3)16(11-12)25-4;6-5(7)4-1-2-8-3-4/h5-11H,1-4H3,(H2,20,23)(H,21,22);1-3H,(H,6,7). The third kappa shape index (κ3) is 6.56. The number of benzene rings is 2. The molecule has 33 heavy (non-hydrogen) atoms. The van der Waals surface area contributed by atoms with Gasteiger partial charge in [-0.15, -0.1) is 0 Å². The molecule has 0 saturated heterocycles. The van der Waals surface area contributed by atoms with Crippen LogP contribution in [0.1, 0.15) is 40.1 Å². The lowest BCUT2D eigenvalue weighted by atomic mass is 9.84. The van der Waals surface area contributed by atoms with Crippen LogP contribution in [0.25, 0.3) is 0 Å². The van der Waals surface area contributed by atoms with E-state index in [-0.39, 0.29) is 5.91 Å². The second-order valence-electron chi connectivity index (χ2n) is 7.41. The number of carboxylic acids is 1. The van der Waals surface area contributed by atoms with E-state index < -0.39 is 17.3 Å². The number of ether oxygens (including phenoxy) is 2. The van der Waals surface area contributed by atoms with Crippen molar-refractivity contribution in [2.45, 2.75) is 19.3 Å². The van der Waals surface area contributed by atoms with Crippen LogP contribution in [0.4, 0.5) is 5.69 Å². The molecule has 0 spiro atoms. The molecule has 0 unspecified atom stereocenters. The summed E-state index contributed by atoms with van der Waals surface area (Å²) in [6, 6.07) is 13.5. The number of rotatable bonds is 7. The Bertz CT molecular complexity index is 1110. The number of carbonyl (C=O) groups is 3. The molecule has 3 rings (SSSR count). The molecule has 0 atom stereocenters. The van der Waals surface area contributed by atoms with Gasteiger partial charge in [0.05, 0.1) is 25.2 Å². The van der Waals surface area contributed by atoms with E-state index in [9.17, 15) is 14.4 Å². The number of primary amides is 1. The average Bonchev–Trinajstić information content (AvgIpc) is 3.34. The fourth-order valence-corrected chi connectivity index (χ4v) is 3.31. The monoisotopic (exact) mass is 470 g/mol. The summed E-state index contributed by atoms with van der Waals surface area (Å²) < 4.78 is 10.4. The first-order valence-corrected chi connectivity index (χ1v) is 10.7. The topological polar surface area (TPSA) is 128 Å². The van der Waals surface area contributed by atoms with Crippen LogP contribution < -0.4 is 20.5 Å². The van der Waals surface area contributed by atoms with Crippen molar-refractivity contribution in [1.82, 2.24) is 0 Å². The third-order valence-electron chi connectivity index (χ3n) is 4.89. The number of carboxylic acid groups (broad SMARTS) is 1. The molecule has 9 heteroatoms. The fourth-order valence-electron chi connectivity index (χ4n) is 2.68. The Balaban J connectivity index is 0.000000405. The predicted octanol–water partition coefficient (Wildman–Crippen LogP) is 4.17. The molecule has 0 aliphatic heterocycles. The molecule has 0 fully saturated rings. The number of methoxy groups -OCH3 is 2. The van der Waals surface area contributed by atoms with Gasteiger partial charge in [0, 0.05) is 16.6 Å². The number of hydrogen-bond donors (Lipinski definition) is 3. The van der Waals surface area contributed by atoms with Crippen LogP contribution in [0.5, 0.6) is 11.5 Å². The molecular formula is C24H26N2O6S. The summed E-state index contributed by atoms with van der Waals surface area (Å²) in [6.45, 7) is 3.51. The molecule has 2 amide bonds. The van der Waals surface area contributed by atoms with Crippen LogP contribution in [0.2, 0.25) is 0 Å². The molecule has 0 aliphatic carbocycles. The highest BCUT2D eigenvalue weighted by atomic mass is 32.1. The summed E-state index contributed by atoms with van der Waals surface area (Å²) in [4.78, 5) is 34.0. The number of hydrogen-bond acceptors (Lipinski definition) is 6. The van der Waals surface area contributed by atoms with Crippen LogP contribution in [0.15, 0.2) is 59.3 Å². The van der Waals surface area contributed by atoms with Crippen molar-refractivity contribution in [2.75, 3.05) is 19.5 Å². The van der Waals surface area contributed by atoms with Crippen LogP contribution in [0, 0.1) is 0 Å². The summed E-state index contributed by atoms with van der Waals surface area (Å²) in [5.41, 5.74) is 6.86. The second-order valence-corrected chi connectivity index (χ2v) is 8.19. The molecule has 2 aromatic carbocycles. The van der Waals surface area contributed by atoms with Gasteiger partial charge in [0.2, 0.25) is 5.91 Å². The molecular weight excluding hydrogens is 444 g/mol. The molecule has 1 heterocycles. The molecule has 4 N–H and O–H groups in total. The summed E-state index contributed by atoms with van der Waals surface area (Å²) in [6.07, 6.45) is 0. The highest BCUT2D eigenvalue weighted by molar-refractivity contribution is 7.08. The lowest BCUT2D eigenvalue weighted by molar-refractivity contribution is -0.122. The lowest BCUT2D eigenvalue weighted by Crippen LogP contribution is -2.35. The maximum Gasteiger partial charge on any atom is 0.336 e. The third-order valence-corrected chi connectivity index (χ3v) is 5.58. The lowest BCUT2D eigenvalue weighted by Gasteiger charge is -2.21. The van der Waals surface area contributed by atoms with Gasteiger partial charge in [-0.25, -0.2) is 4.79 Å². The molecule has 8 nitrogen and oxygen atoms in total. The van der Waals surface area contributed by atoms with Gasteiger partial charge in [0.25, 0.3) is 5.91 Å². The summed E-state index contributed by atoms with van der Waals surface area (Å²) in [7, 11) is 3.05. The maximum absolute atomic E-state index is 12.4. The van der Waals surface area contributed by atoms with Gasteiger partial charge in [-0.05, 0) is 61.2 Å². The fraction of sp³-hybridized carbons (Fsp3) is 0.208. The Morgan fingerprint density at radius 3 is 2.03 bits per heavy atom. The van der Waals surface area contributed by atoms with E-state index in [4.69, 9.17) is 20.3 Å². The zero-order chi connectivity index (χ0) is 24.6. The van der Waals surface area contributed by atoms with Crippen LogP contribution in [-0.4, -0.2) is 37.1 Å². The van der Waals surface area contributed by atoms with E-state index in [1.807, 2.05) is 0 Å².